The third kappa shape index (κ3) is 46.2. The number of aliphatic hydroxyl groups excluding tert-OH is 2. The minimum atomic E-state index is -0.665. The highest BCUT2D eigenvalue weighted by Gasteiger charge is 2.20. The van der Waals surface area contributed by atoms with Crippen LogP contribution in [0.3, 0.4) is 0 Å². The maximum atomic E-state index is 12.4. The molecule has 2 unspecified atom stereocenters. The van der Waals surface area contributed by atoms with E-state index in [9.17, 15) is 19.8 Å². The van der Waals surface area contributed by atoms with Gasteiger partial charge in [0.15, 0.2) is 0 Å². The van der Waals surface area contributed by atoms with Crippen molar-refractivity contribution in [2.75, 3.05) is 13.2 Å². The van der Waals surface area contributed by atoms with Crippen LogP contribution >= 0.6 is 0 Å². The second-order valence-electron chi connectivity index (χ2n) is 18.6. The van der Waals surface area contributed by atoms with Gasteiger partial charge in [0, 0.05) is 12.8 Å². The smallest absolute Gasteiger partial charge is 0.305 e. The van der Waals surface area contributed by atoms with Crippen molar-refractivity contribution in [2.45, 2.75) is 315 Å². The van der Waals surface area contributed by atoms with Crippen molar-refractivity contribution < 1.29 is 24.5 Å². The molecular weight excluding hydrogens is 731 g/mol. The van der Waals surface area contributed by atoms with Crippen LogP contribution in [0.25, 0.3) is 0 Å². The fourth-order valence-electron chi connectivity index (χ4n) is 8.52. The van der Waals surface area contributed by atoms with E-state index in [1.807, 2.05) is 0 Å². The summed E-state index contributed by atoms with van der Waals surface area (Å²) in [6.07, 6.45) is 55.2. The number of esters is 1. The lowest BCUT2D eigenvalue weighted by Crippen LogP contribution is -2.45. The van der Waals surface area contributed by atoms with Crippen molar-refractivity contribution in [3.05, 3.63) is 0 Å². The molecule has 0 aliphatic heterocycles. The Kier molecular flexibility index (Phi) is 48.6. The summed E-state index contributed by atoms with van der Waals surface area (Å²) >= 11 is 0. The summed E-state index contributed by atoms with van der Waals surface area (Å²) in [6, 6.07) is -0.543. The molecule has 3 N–H and O–H groups in total. The molecule has 2 atom stereocenters. The van der Waals surface area contributed by atoms with Gasteiger partial charge in [0.2, 0.25) is 5.91 Å². The molecule has 0 saturated heterocycles. The Morgan fingerprint density at radius 2 is 0.695 bits per heavy atom. The van der Waals surface area contributed by atoms with Gasteiger partial charge in [-0.3, -0.25) is 9.59 Å². The molecular formula is C53H105NO5. The van der Waals surface area contributed by atoms with Crippen LogP contribution in [0.4, 0.5) is 0 Å². The van der Waals surface area contributed by atoms with Crippen molar-refractivity contribution in [1.82, 2.24) is 5.32 Å². The summed E-state index contributed by atoms with van der Waals surface area (Å²) in [6.45, 7) is 4.93. The first kappa shape index (κ1) is 57.9. The molecule has 0 heterocycles. The van der Waals surface area contributed by atoms with Crippen LogP contribution in [-0.4, -0.2) is 47.4 Å². The van der Waals surface area contributed by atoms with Gasteiger partial charge in [-0.15, -0.1) is 0 Å². The topological polar surface area (TPSA) is 95.9 Å². The van der Waals surface area contributed by atoms with Crippen LogP contribution in [0, 0.1) is 0 Å². The van der Waals surface area contributed by atoms with Crippen LogP contribution in [0.2, 0.25) is 0 Å². The molecule has 59 heavy (non-hydrogen) atoms. The monoisotopic (exact) mass is 836 g/mol. The zero-order chi connectivity index (χ0) is 43.0. The zero-order valence-electron chi connectivity index (χ0n) is 40.0. The molecule has 1 amide bonds. The van der Waals surface area contributed by atoms with Crippen molar-refractivity contribution in [3.8, 4) is 0 Å². The molecule has 0 radical (unpaired) electrons. The average molecular weight is 836 g/mol. The van der Waals surface area contributed by atoms with Crippen LogP contribution in [-0.2, 0) is 14.3 Å². The molecule has 352 valence electrons. The number of ether oxygens (including phenoxy) is 1. The molecule has 6 nitrogen and oxygen atoms in total. The van der Waals surface area contributed by atoms with E-state index in [1.165, 1.54) is 231 Å². The Hall–Kier alpha value is -1.14. The number of hydrogen-bond acceptors (Lipinski definition) is 5. The van der Waals surface area contributed by atoms with Crippen molar-refractivity contribution in [3.63, 3.8) is 0 Å². The van der Waals surface area contributed by atoms with Crippen LogP contribution < -0.4 is 5.32 Å². The first-order valence-corrected chi connectivity index (χ1v) is 26.8. The standard InChI is InChI=1S/C53H105NO5/c1-3-5-7-9-11-13-14-15-16-17-21-24-27-31-35-39-43-47-53(58)59-48-44-40-36-32-28-25-22-19-18-20-23-26-30-34-38-42-46-52(57)54-50(49-55)51(56)45-41-37-33-29-12-10-8-6-4-2/h50-51,55-56H,3-49H2,1-2H3,(H,54,57). The fourth-order valence-corrected chi connectivity index (χ4v) is 8.52. The quantitative estimate of drug-likeness (QED) is 0.0419. The van der Waals surface area contributed by atoms with E-state index < -0.39 is 12.1 Å². The number of carbonyl (C=O) groups is 2. The number of nitrogens with one attached hydrogen (secondary N) is 1. The second kappa shape index (κ2) is 49.5. The highest BCUT2D eigenvalue weighted by molar-refractivity contribution is 5.76. The number of carbonyl (C=O) groups excluding carboxylic acids is 2. The molecule has 0 rings (SSSR count). The number of rotatable bonds is 50. The summed E-state index contributed by atoms with van der Waals surface area (Å²) in [5, 5.41) is 23.1. The molecule has 0 saturated carbocycles. The van der Waals surface area contributed by atoms with E-state index >= 15 is 0 Å². The average Bonchev–Trinajstić information content (AvgIpc) is 3.24. The summed E-state index contributed by atoms with van der Waals surface area (Å²) in [5.74, 6) is -0.0354. The van der Waals surface area contributed by atoms with Gasteiger partial charge in [-0.05, 0) is 25.7 Å². The highest BCUT2D eigenvalue weighted by Crippen LogP contribution is 2.17. The molecule has 0 spiro atoms. The third-order valence-corrected chi connectivity index (χ3v) is 12.7. The van der Waals surface area contributed by atoms with Gasteiger partial charge in [-0.1, -0.05) is 264 Å². The lowest BCUT2D eigenvalue weighted by Gasteiger charge is -2.22. The van der Waals surface area contributed by atoms with E-state index in [0.717, 1.165) is 38.5 Å². The third-order valence-electron chi connectivity index (χ3n) is 12.7. The maximum absolute atomic E-state index is 12.4. The molecule has 0 bridgehead atoms. The van der Waals surface area contributed by atoms with Gasteiger partial charge in [-0.2, -0.15) is 0 Å². The van der Waals surface area contributed by atoms with E-state index in [1.54, 1.807) is 0 Å². The van der Waals surface area contributed by atoms with Gasteiger partial charge in [-0.25, -0.2) is 0 Å². The van der Waals surface area contributed by atoms with Crippen molar-refractivity contribution in [1.29, 1.82) is 0 Å². The first-order chi connectivity index (χ1) is 29.0. The fraction of sp³-hybridized carbons (Fsp3) is 0.962. The van der Waals surface area contributed by atoms with Crippen molar-refractivity contribution in [2.24, 2.45) is 0 Å². The predicted molar refractivity (Wildman–Crippen MR) is 255 cm³/mol. The number of hydrogen-bond donors (Lipinski definition) is 3. The molecule has 0 aliphatic rings. The van der Waals surface area contributed by atoms with Gasteiger partial charge >= 0.3 is 5.97 Å². The molecule has 0 fully saturated rings. The lowest BCUT2D eigenvalue weighted by molar-refractivity contribution is -0.143. The number of amides is 1. The Morgan fingerprint density at radius 1 is 0.407 bits per heavy atom. The van der Waals surface area contributed by atoms with Crippen LogP contribution in [0.5, 0.6) is 0 Å². The van der Waals surface area contributed by atoms with Gasteiger partial charge in [0.05, 0.1) is 25.4 Å². The normalized spacial score (nSPS) is 12.5. The summed E-state index contributed by atoms with van der Waals surface area (Å²) in [4.78, 5) is 24.4. The van der Waals surface area contributed by atoms with Gasteiger partial charge in [0.1, 0.15) is 0 Å². The van der Waals surface area contributed by atoms with Crippen LogP contribution in [0.15, 0.2) is 0 Å². The Morgan fingerprint density at radius 3 is 1.03 bits per heavy atom. The van der Waals surface area contributed by atoms with Gasteiger partial charge < -0.3 is 20.3 Å². The Balaban J connectivity index is 3.36. The van der Waals surface area contributed by atoms with E-state index in [-0.39, 0.29) is 18.5 Å². The maximum Gasteiger partial charge on any atom is 0.305 e. The summed E-state index contributed by atoms with van der Waals surface area (Å²) < 4.78 is 5.48. The minimum Gasteiger partial charge on any atom is -0.466 e. The largest absolute Gasteiger partial charge is 0.466 e. The molecule has 0 aromatic heterocycles. The number of aliphatic hydroxyl groups is 2. The number of unbranched alkanes of at least 4 members (excludes halogenated alkanes) is 39. The zero-order valence-corrected chi connectivity index (χ0v) is 40.0. The second-order valence-corrected chi connectivity index (χ2v) is 18.6. The molecule has 0 aliphatic carbocycles. The first-order valence-electron chi connectivity index (χ1n) is 26.8. The van der Waals surface area contributed by atoms with Gasteiger partial charge in [0.25, 0.3) is 0 Å². The van der Waals surface area contributed by atoms with E-state index in [0.29, 0.717) is 25.9 Å². The van der Waals surface area contributed by atoms with E-state index in [2.05, 4.69) is 19.2 Å². The lowest BCUT2D eigenvalue weighted by atomic mass is 10.0. The molecule has 6 heteroatoms. The molecule has 0 aromatic carbocycles. The summed E-state index contributed by atoms with van der Waals surface area (Å²) in [5.41, 5.74) is 0. The van der Waals surface area contributed by atoms with Crippen molar-refractivity contribution >= 4 is 11.9 Å². The summed E-state index contributed by atoms with van der Waals surface area (Å²) in [7, 11) is 0. The Labute approximate surface area is 368 Å². The Bertz CT molecular complexity index is 837. The SMILES string of the molecule is CCCCCCCCCCCCCCCCCCCC(=O)OCCCCCCCCCCCCCCCCCCC(=O)NC(CO)C(O)CCCCCCCCCCC. The highest BCUT2D eigenvalue weighted by atomic mass is 16.5. The predicted octanol–water partition coefficient (Wildman–Crippen LogP) is 16.0. The van der Waals surface area contributed by atoms with E-state index in [4.69, 9.17) is 4.74 Å². The molecule has 0 aromatic rings. The minimum absolute atomic E-state index is 0.00739. The van der Waals surface area contributed by atoms with Crippen LogP contribution in [0.1, 0.15) is 303 Å².